The maximum atomic E-state index is 13.6. The van der Waals surface area contributed by atoms with Crippen molar-refractivity contribution >= 4 is 29.6 Å². The Morgan fingerprint density at radius 1 is 1.02 bits per heavy atom. The fourth-order valence-corrected chi connectivity index (χ4v) is 4.79. The monoisotopic (exact) mass is 583 g/mol. The summed E-state index contributed by atoms with van der Waals surface area (Å²) in [5.74, 6) is -2.82. The Kier molecular flexibility index (Phi) is 8.49. The van der Waals surface area contributed by atoms with Gasteiger partial charge < -0.3 is 30.5 Å². The van der Waals surface area contributed by atoms with Crippen molar-refractivity contribution in [3.8, 4) is 0 Å². The molecule has 2 aliphatic rings. The molecule has 1 aliphatic heterocycles. The normalized spacial score (nSPS) is 18.8. The Morgan fingerprint density at radius 3 is 2.38 bits per heavy atom. The van der Waals surface area contributed by atoms with Crippen LogP contribution in [0, 0.1) is 0 Å². The van der Waals surface area contributed by atoms with Gasteiger partial charge in [0, 0.05) is 25.0 Å². The van der Waals surface area contributed by atoms with E-state index in [1.165, 1.54) is 23.5 Å². The third kappa shape index (κ3) is 6.58. The van der Waals surface area contributed by atoms with Crippen LogP contribution < -0.4 is 16.0 Å². The number of aromatic amines is 2. The molecule has 0 radical (unpaired) electrons. The van der Waals surface area contributed by atoms with Crippen LogP contribution in [0.1, 0.15) is 81.5 Å². The maximum absolute atomic E-state index is 13.6. The fourth-order valence-electron chi connectivity index (χ4n) is 4.79. The lowest BCUT2D eigenvalue weighted by molar-refractivity contribution is -0.142. The third-order valence-electron chi connectivity index (χ3n) is 7.09. The van der Waals surface area contributed by atoms with Gasteiger partial charge in [0.15, 0.2) is 17.1 Å². The highest BCUT2D eigenvalue weighted by Gasteiger charge is 2.44. The number of likely N-dealkylation sites (tertiary alicyclic amines) is 1. The van der Waals surface area contributed by atoms with Crippen LogP contribution in [0.4, 0.5) is 0 Å². The SMILES string of the molecule is O=C(NCCCC[C@H](NC(=O)[C@@H]1C[C@@H](NC(=O)c2cn[nH]n2)CN1C(=O)c1cnoc1C1CC1)C(=O)O)c1cn[nH]n1. The number of unbranched alkanes of at least 4 members (excludes halogenated alkanes) is 1. The lowest BCUT2D eigenvalue weighted by Crippen LogP contribution is -2.51. The Hall–Kier alpha value is -5.16. The number of nitrogens with zero attached hydrogens (tertiary/aromatic N) is 6. The van der Waals surface area contributed by atoms with Crippen LogP contribution in [0.3, 0.4) is 0 Å². The van der Waals surface area contributed by atoms with Crippen LogP contribution in [0.25, 0.3) is 0 Å². The average Bonchev–Trinajstić information content (AvgIpc) is 3.51. The number of nitrogens with one attached hydrogen (secondary N) is 5. The van der Waals surface area contributed by atoms with E-state index in [2.05, 4.69) is 51.9 Å². The van der Waals surface area contributed by atoms with Crippen molar-refractivity contribution in [3.63, 3.8) is 0 Å². The van der Waals surface area contributed by atoms with Crippen molar-refractivity contribution in [1.82, 2.24) is 56.8 Å². The number of carboxylic acid groups (broad SMARTS) is 1. The lowest BCUT2D eigenvalue weighted by atomic mass is 10.1. The largest absolute Gasteiger partial charge is 0.480 e. The van der Waals surface area contributed by atoms with Crippen molar-refractivity contribution in [2.75, 3.05) is 13.1 Å². The molecule has 3 aromatic heterocycles. The van der Waals surface area contributed by atoms with E-state index in [9.17, 15) is 29.1 Å². The minimum absolute atomic E-state index is 0.00124. The summed E-state index contributed by atoms with van der Waals surface area (Å²) in [6, 6.07) is -2.91. The molecular formula is C24H29N11O7. The van der Waals surface area contributed by atoms with E-state index in [0.717, 1.165) is 12.8 Å². The van der Waals surface area contributed by atoms with E-state index < -0.39 is 47.7 Å². The molecular weight excluding hydrogens is 554 g/mol. The van der Waals surface area contributed by atoms with Crippen LogP contribution in [-0.2, 0) is 9.59 Å². The zero-order valence-electron chi connectivity index (χ0n) is 22.3. The van der Waals surface area contributed by atoms with Gasteiger partial charge in [-0.05, 0) is 38.5 Å². The molecule has 3 aromatic rings. The summed E-state index contributed by atoms with van der Waals surface area (Å²) < 4.78 is 5.30. The highest BCUT2D eigenvalue weighted by Crippen LogP contribution is 2.42. The molecule has 5 rings (SSSR count). The van der Waals surface area contributed by atoms with Gasteiger partial charge >= 0.3 is 5.97 Å². The zero-order valence-corrected chi connectivity index (χ0v) is 22.3. The molecule has 3 atom stereocenters. The van der Waals surface area contributed by atoms with Crippen molar-refractivity contribution in [1.29, 1.82) is 0 Å². The van der Waals surface area contributed by atoms with E-state index in [1.54, 1.807) is 0 Å². The van der Waals surface area contributed by atoms with E-state index in [-0.39, 0.29) is 48.8 Å². The summed E-state index contributed by atoms with van der Waals surface area (Å²) in [7, 11) is 0. The van der Waals surface area contributed by atoms with Gasteiger partial charge in [0.1, 0.15) is 17.6 Å². The van der Waals surface area contributed by atoms with Crippen LogP contribution in [-0.4, -0.2) is 107 Å². The highest BCUT2D eigenvalue weighted by molar-refractivity contribution is 5.99. The summed E-state index contributed by atoms with van der Waals surface area (Å²) in [6.45, 7) is 0.268. The van der Waals surface area contributed by atoms with Crippen molar-refractivity contribution < 1.29 is 33.6 Å². The van der Waals surface area contributed by atoms with E-state index in [1.807, 2.05) is 0 Å². The van der Waals surface area contributed by atoms with Gasteiger partial charge in [-0.2, -0.15) is 30.8 Å². The molecule has 4 amide bonds. The first kappa shape index (κ1) is 28.4. The van der Waals surface area contributed by atoms with Crippen LogP contribution in [0.5, 0.6) is 0 Å². The van der Waals surface area contributed by atoms with Crippen molar-refractivity contribution in [2.24, 2.45) is 0 Å². The number of aliphatic carboxylic acids is 1. The summed E-state index contributed by atoms with van der Waals surface area (Å²) in [5, 5.41) is 40.8. The first-order valence-corrected chi connectivity index (χ1v) is 13.4. The number of amides is 4. The Balaban J connectivity index is 1.21. The predicted octanol–water partition coefficient (Wildman–Crippen LogP) is -1.03. The van der Waals surface area contributed by atoms with Gasteiger partial charge in [0.2, 0.25) is 5.91 Å². The molecule has 0 aromatic carbocycles. The van der Waals surface area contributed by atoms with Gasteiger partial charge in [-0.25, -0.2) is 4.79 Å². The van der Waals surface area contributed by atoms with Gasteiger partial charge in [0.05, 0.1) is 18.6 Å². The molecule has 2 fully saturated rings. The molecule has 0 unspecified atom stereocenters. The molecule has 222 valence electrons. The van der Waals surface area contributed by atoms with Crippen LogP contribution in [0.2, 0.25) is 0 Å². The van der Waals surface area contributed by atoms with Crippen molar-refractivity contribution in [2.45, 2.75) is 62.6 Å². The number of rotatable bonds is 13. The summed E-state index contributed by atoms with van der Waals surface area (Å²) in [4.78, 5) is 64.8. The second kappa shape index (κ2) is 12.6. The summed E-state index contributed by atoms with van der Waals surface area (Å²) in [6.07, 6.45) is 6.53. The van der Waals surface area contributed by atoms with Crippen LogP contribution in [0.15, 0.2) is 23.1 Å². The molecule has 1 saturated heterocycles. The standard InChI is InChI=1S/C24H29N11O7/c36-20(16-9-26-33-31-16)25-6-2-1-3-15(24(40)41)30-22(38)18-7-13(29-21(37)17-10-27-34-32-17)11-35(18)23(39)14-8-28-42-19(14)12-4-5-12/h8-10,12-13,15,18H,1-7,11H2,(H,25,36)(H,29,37)(H,30,38)(H,40,41)(H,26,31,33)(H,27,32,34)/t13-,15+,18+/m1/s1. The number of aromatic nitrogens is 7. The first-order chi connectivity index (χ1) is 20.3. The minimum Gasteiger partial charge on any atom is -0.480 e. The first-order valence-electron chi connectivity index (χ1n) is 13.4. The second-order valence-electron chi connectivity index (χ2n) is 10.1. The maximum Gasteiger partial charge on any atom is 0.326 e. The number of carbonyl (C=O) groups excluding carboxylic acids is 4. The average molecular weight is 584 g/mol. The molecule has 1 aliphatic carbocycles. The van der Waals surface area contributed by atoms with E-state index >= 15 is 0 Å². The van der Waals surface area contributed by atoms with Crippen LogP contribution >= 0.6 is 0 Å². The molecule has 1 saturated carbocycles. The van der Waals surface area contributed by atoms with Gasteiger partial charge in [-0.1, -0.05) is 5.16 Å². The number of hydrogen-bond donors (Lipinski definition) is 6. The number of hydrogen-bond acceptors (Lipinski definition) is 11. The lowest BCUT2D eigenvalue weighted by Gasteiger charge is -2.25. The Labute approximate surface area is 237 Å². The quantitative estimate of drug-likeness (QED) is 0.132. The Morgan fingerprint density at radius 2 is 1.74 bits per heavy atom. The molecule has 42 heavy (non-hydrogen) atoms. The van der Waals surface area contributed by atoms with E-state index in [0.29, 0.717) is 18.6 Å². The summed E-state index contributed by atoms with van der Waals surface area (Å²) in [5.41, 5.74) is 0.410. The molecule has 4 heterocycles. The topological polar surface area (TPSA) is 254 Å². The third-order valence-corrected chi connectivity index (χ3v) is 7.09. The highest BCUT2D eigenvalue weighted by atomic mass is 16.5. The van der Waals surface area contributed by atoms with Crippen molar-refractivity contribution in [3.05, 3.63) is 41.3 Å². The van der Waals surface area contributed by atoms with Gasteiger partial charge in [-0.3, -0.25) is 19.2 Å². The smallest absolute Gasteiger partial charge is 0.326 e. The summed E-state index contributed by atoms with van der Waals surface area (Å²) >= 11 is 0. The molecule has 18 heteroatoms. The van der Waals surface area contributed by atoms with E-state index in [4.69, 9.17) is 4.52 Å². The molecule has 0 spiro atoms. The van der Waals surface area contributed by atoms with Gasteiger partial charge in [-0.15, -0.1) is 0 Å². The molecule has 18 nitrogen and oxygen atoms in total. The number of carboxylic acids is 1. The number of H-pyrrole nitrogens is 2. The predicted molar refractivity (Wildman–Crippen MR) is 138 cm³/mol. The molecule has 6 N–H and O–H groups in total. The fraction of sp³-hybridized carbons (Fsp3) is 0.500. The number of carbonyl (C=O) groups is 5. The Bertz CT molecular complexity index is 1420. The van der Waals surface area contributed by atoms with Gasteiger partial charge in [0.25, 0.3) is 17.7 Å². The second-order valence-corrected chi connectivity index (χ2v) is 10.1. The molecule has 0 bridgehead atoms. The minimum atomic E-state index is -1.24. The zero-order chi connectivity index (χ0) is 29.6.